The third-order valence-corrected chi connectivity index (χ3v) is 3.93. The minimum atomic E-state index is -0.711. The van der Waals surface area contributed by atoms with Gasteiger partial charge in [-0.25, -0.2) is 4.79 Å². The lowest BCUT2D eigenvalue weighted by molar-refractivity contribution is 0.242. The van der Waals surface area contributed by atoms with Gasteiger partial charge in [0.15, 0.2) is 5.75 Å². The van der Waals surface area contributed by atoms with E-state index in [1.54, 1.807) is 18.2 Å². The van der Waals surface area contributed by atoms with Crippen LogP contribution in [0.15, 0.2) is 50.7 Å². The van der Waals surface area contributed by atoms with Crippen molar-refractivity contribution < 1.29 is 19.0 Å². The third-order valence-electron chi connectivity index (χ3n) is 3.93. The molecule has 27 heavy (non-hydrogen) atoms. The van der Waals surface area contributed by atoms with Gasteiger partial charge in [0.1, 0.15) is 17.9 Å². The third kappa shape index (κ3) is 5.91. The topological polar surface area (TPSA) is 68.9 Å². The number of allylic oxidation sites excluding steroid dienone is 3. The van der Waals surface area contributed by atoms with Crippen LogP contribution in [0, 0.1) is 0 Å². The van der Waals surface area contributed by atoms with Gasteiger partial charge in [0.25, 0.3) is 0 Å². The molecule has 5 heteroatoms. The second-order valence-electron chi connectivity index (χ2n) is 7.07. The highest BCUT2D eigenvalue weighted by molar-refractivity contribution is 5.86. The van der Waals surface area contributed by atoms with Crippen molar-refractivity contribution >= 4 is 11.0 Å². The van der Waals surface area contributed by atoms with Gasteiger partial charge in [-0.15, -0.1) is 0 Å². The summed E-state index contributed by atoms with van der Waals surface area (Å²) in [6.45, 7) is 10.2. The Labute approximate surface area is 159 Å². The zero-order valence-corrected chi connectivity index (χ0v) is 16.7. The van der Waals surface area contributed by atoms with Crippen LogP contribution < -0.4 is 15.1 Å². The van der Waals surface area contributed by atoms with E-state index in [0.29, 0.717) is 11.1 Å². The number of ether oxygens (including phenoxy) is 2. The molecule has 0 bridgehead atoms. The first-order valence-corrected chi connectivity index (χ1v) is 9.16. The lowest BCUT2D eigenvalue weighted by Gasteiger charge is -2.11. The van der Waals surface area contributed by atoms with E-state index in [2.05, 4.69) is 19.9 Å². The van der Waals surface area contributed by atoms with Crippen molar-refractivity contribution in [1.29, 1.82) is 0 Å². The average Bonchev–Trinajstić information content (AvgIpc) is 2.56. The SMILES string of the molecule is CC(C)=CCCC(C)=CCOc1c(O)c2ccc(OC(C)C)cc2oc1=O. The molecule has 1 aromatic heterocycles. The van der Waals surface area contributed by atoms with Gasteiger partial charge in [0.2, 0.25) is 5.75 Å². The minimum absolute atomic E-state index is 0.00265. The fourth-order valence-electron chi connectivity index (χ4n) is 2.58. The van der Waals surface area contributed by atoms with Gasteiger partial charge in [-0.05, 0) is 65.7 Å². The normalized spacial score (nSPS) is 11.7. The number of rotatable bonds is 8. The van der Waals surface area contributed by atoms with Crippen molar-refractivity contribution in [2.24, 2.45) is 0 Å². The van der Waals surface area contributed by atoms with Gasteiger partial charge in [0, 0.05) is 6.07 Å². The van der Waals surface area contributed by atoms with Gasteiger partial charge < -0.3 is 19.0 Å². The minimum Gasteiger partial charge on any atom is -0.504 e. The molecular weight excluding hydrogens is 344 g/mol. The highest BCUT2D eigenvalue weighted by Crippen LogP contribution is 2.33. The Hall–Kier alpha value is -2.69. The monoisotopic (exact) mass is 372 g/mol. The van der Waals surface area contributed by atoms with E-state index in [4.69, 9.17) is 13.9 Å². The maximum Gasteiger partial charge on any atom is 0.383 e. The molecule has 2 rings (SSSR count). The first-order valence-electron chi connectivity index (χ1n) is 9.16. The predicted molar refractivity (Wildman–Crippen MR) is 108 cm³/mol. The van der Waals surface area contributed by atoms with Crippen LogP contribution in [0.4, 0.5) is 0 Å². The largest absolute Gasteiger partial charge is 0.504 e. The summed E-state index contributed by atoms with van der Waals surface area (Å²) in [4.78, 5) is 12.2. The van der Waals surface area contributed by atoms with Gasteiger partial charge >= 0.3 is 5.63 Å². The first kappa shape index (κ1) is 20.6. The predicted octanol–water partition coefficient (Wildman–Crippen LogP) is 5.36. The molecule has 0 aliphatic carbocycles. The Morgan fingerprint density at radius 3 is 2.63 bits per heavy atom. The quantitative estimate of drug-likeness (QED) is 0.499. The standard InChI is InChI=1S/C22H28O5/c1-14(2)7-6-8-16(5)11-12-25-21-20(23)18-10-9-17(26-15(3)4)13-19(18)27-22(21)24/h7,9-11,13,15,23H,6,8,12H2,1-5H3. The van der Waals surface area contributed by atoms with Crippen LogP contribution in [0.25, 0.3) is 11.0 Å². The Balaban J connectivity index is 2.14. The Kier molecular flexibility index (Phi) is 7.11. The van der Waals surface area contributed by atoms with Gasteiger partial charge in [0.05, 0.1) is 11.5 Å². The molecule has 0 fully saturated rings. The molecule has 0 amide bonds. The zero-order chi connectivity index (χ0) is 20.0. The lowest BCUT2D eigenvalue weighted by Crippen LogP contribution is -2.08. The van der Waals surface area contributed by atoms with Crippen LogP contribution >= 0.6 is 0 Å². The summed E-state index contributed by atoms with van der Waals surface area (Å²) in [6.07, 6.45) is 5.97. The van der Waals surface area contributed by atoms with Gasteiger partial charge in [-0.2, -0.15) is 0 Å². The van der Waals surface area contributed by atoms with E-state index in [0.717, 1.165) is 18.4 Å². The summed E-state index contributed by atoms with van der Waals surface area (Å²) >= 11 is 0. The molecule has 0 unspecified atom stereocenters. The average molecular weight is 372 g/mol. The molecule has 1 aromatic carbocycles. The molecule has 1 heterocycles. The molecule has 1 N–H and O–H groups in total. The van der Waals surface area contributed by atoms with E-state index in [1.165, 1.54) is 5.57 Å². The van der Waals surface area contributed by atoms with Crippen LogP contribution in [-0.2, 0) is 0 Å². The Bertz CT molecular complexity index is 899. The summed E-state index contributed by atoms with van der Waals surface area (Å²) < 4.78 is 16.4. The highest BCUT2D eigenvalue weighted by atomic mass is 16.5. The fourth-order valence-corrected chi connectivity index (χ4v) is 2.58. The maximum atomic E-state index is 12.2. The molecule has 0 spiro atoms. The van der Waals surface area contributed by atoms with E-state index >= 15 is 0 Å². The van der Waals surface area contributed by atoms with Crippen molar-refractivity contribution in [2.45, 2.75) is 53.6 Å². The number of hydrogen-bond acceptors (Lipinski definition) is 5. The van der Waals surface area contributed by atoms with Crippen LogP contribution in [0.2, 0.25) is 0 Å². The lowest BCUT2D eigenvalue weighted by atomic mass is 10.1. The molecule has 0 saturated heterocycles. The van der Waals surface area contributed by atoms with E-state index < -0.39 is 5.63 Å². The first-order chi connectivity index (χ1) is 12.8. The van der Waals surface area contributed by atoms with E-state index in [9.17, 15) is 9.90 Å². The molecular formula is C22H28O5. The number of benzene rings is 1. The second-order valence-corrected chi connectivity index (χ2v) is 7.07. The zero-order valence-electron chi connectivity index (χ0n) is 16.7. The smallest absolute Gasteiger partial charge is 0.383 e. The van der Waals surface area contributed by atoms with Crippen molar-refractivity contribution in [3.05, 3.63) is 51.9 Å². The van der Waals surface area contributed by atoms with Crippen LogP contribution in [0.3, 0.4) is 0 Å². The molecule has 0 aliphatic rings. The summed E-state index contributed by atoms with van der Waals surface area (Å²) in [5, 5.41) is 10.8. The summed E-state index contributed by atoms with van der Waals surface area (Å²) in [5.41, 5.74) is 2.00. The summed E-state index contributed by atoms with van der Waals surface area (Å²) in [6, 6.07) is 4.96. The maximum absolute atomic E-state index is 12.2. The van der Waals surface area contributed by atoms with Crippen molar-refractivity contribution in [1.82, 2.24) is 0 Å². The van der Waals surface area contributed by atoms with Crippen LogP contribution in [0.1, 0.15) is 47.5 Å². The number of fused-ring (bicyclic) bond motifs is 1. The van der Waals surface area contributed by atoms with Crippen molar-refractivity contribution in [3.63, 3.8) is 0 Å². The van der Waals surface area contributed by atoms with Gasteiger partial charge in [-0.1, -0.05) is 17.2 Å². The fraction of sp³-hybridized carbons (Fsp3) is 0.409. The second kappa shape index (κ2) is 9.31. The molecule has 0 radical (unpaired) electrons. The van der Waals surface area contributed by atoms with E-state index in [1.807, 2.05) is 26.8 Å². The van der Waals surface area contributed by atoms with Crippen LogP contribution in [-0.4, -0.2) is 17.8 Å². The molecule has 2 aromatic rings. The Morgan fingerprint density at radius 2 is 1.96 bits per heavy atom. The Morgan fingerprint density at radius 1 is 1.22 bits per heavy atom. The molecule has 5 nitrogen and oxygen atoms in total. The van der Waals surface area contributed by atoms with Crippen molar-refractivity contribution in [2.75, 3.05) is 6.61 Å². The van der Waals surface area contributed by atoms with Gasteiger partial charge in [-0.3, -0.25) is 0 Å². The summed E-state index contributed by atoms with van der Waals surface area (Å²) in [7, 11) is 0. The summed E-state index contributed by atoms with van der Waals surface area (Å²) in [5.74, 6) is 0.185. The highest BCUT2D eigenvalue weighted by Gasteiger charge is 2.16. The number of aromatic hydroxyl groups is 1. The van der Waals surface area contributed by atoms with Crippen molar-refractivity contribution in [3.8, 4) is 17.2 Å². The molecule has 0 saturated carbocycles. The molecule has 0 aliphatic heterocycles. The van der Waals surface area contributed by atoms with Crippen LogP contribution in [0.5, 0.6) is 17.2 Å². The number of hydrogen-bond donors (Lipinski definition) is 1. The molecule has 146 valence electrons. The van der Waals surface area contributed by atoms with E-state index in [-0.39, 0.29) is 29.8 Å². The molecule has 0 atom stereocenters.